The lowest BCUT2D eigenvalue weighted by molar-refractivity contribution is -0.130. The molecule has 0 bridgehead atoms. The van der Waals surface area contributed by atoms with Gasteiger partial charge in [-0.15, -0.1) is 0 Å². The predicted molar refractivity (Wildman–Crippen MR) is 60.6 cm³/mol. The summed E-state index contributed by atoms with van der Waals surface area (Å²) in [6.07, 6.45) is 3.29. The third-order valence-corrected chi connectivity index (χ3v) is 3.06. The highest BCUT2D eigenvalue weighted by molar-refractivity contribution is 5.86. The Morgan fingerprint density at radius 1 is 1.50 bits per heavy atom. The average molecular weight is 224 g/mol. The van der Waals surface area contributed by atoms with E-state index in [0.29, 0.717) is 19.4 Å². The maximum absolute atomic E-state index is 12.1. The first kappa shape index (κ1) is 13.0. The van der Waals surface area contributed by atoms with Gasteiger partial charge in [0.25, 0.3) is 0 Å². The number of carbonyl (C=O) groups is 1. The monoisotopic (exact) mass is 224 g/mol. The third-order valence-electron chi connectivity index (χ3n) is 3.06. The van der Waals surface area contributed by atoms with Gasteiger partial charge in [-0.25, -0.2) is 0 Å². The minimum atomic E-state index is -0.801. The largest absolute Gasteiger partial charge is 0.382 e. The summed E-state index contributed by atoms with van der Waals surface area (Å²) in [7, 11) is 1.60. The second-order valence-corrected chi connectivity index (χ2v) is 5.17. The molecule has 4 nitrogen and oxygen atoms in total. The summed E-state index contributed by atoms with van der Waals surface area (Å²) >= 11 is 0. The number of amides is 1. The maximum Gasteiger partial charge on any atom is 0.240 e. The molecule has 1 N–H and O–H groups in total. The number of hydrogen-bond acceptors (Lipinski definition) is 3. The Bertz CT molecular complexity index is 299. The molecule has 1 fully saturated rings. The van der Waals surface area contributed by atoms with Crippen LogP contribution in [-0.2, 0) is 9.53 Å². The fourth-order valence-electron chi connectivity index (χ4n) is 2.19. The first-order valence-electron chi connectivity index (χ1n) is 5.69. The SMILES string of the molecule is COCC(C)(C)NC(=O)C1(C#N)CCCC1. The molecule has 0 atom stereocenters. The van der Waals surface area contributed by atoms with Gasteiger partial charge in [0.05, 0.1) is 18.2 Å². The van der Waals surface area contributed by atoms with Crippen LogP contribution >= 0.6 is 0 Å². The van der Waals surface area contributed by atoms with Gasteiger partial charge in [0.15, 0.2) is 0 Å². The molecule has 0 heterocycles. The van der Waals surface area contributed by atoms with Gasteiger partial charge in [0, 0.05) is 7.11 Å². The van der Waals surface area contributed by atoms with Crippen LogP contribution < -0.4 is 5.32 Å². The van der Waals surface area contributed by atoms with Crippen molar-refractivity contribution in [2.24, 2.45) is 5.41 Å². The average Bonchev–Trinajstić information content (AvgIpc) is 2.66. The highest BCUT2D eigenvalue weighted by Gasteiger charge is 2.43. The molecule has 0 saturated heterocycles. The standard InChI is InChI=1S/C12H20N2O2/c1-11(2,9-16-3)14-10(15)12(8-13)6-4-5-7-12/h4-7,9H2,1-3H3,(H,14,15). The van der Waals surface area contributed by atoms with Gasteiger partial charge < -0.3 is 10.1 Å². The topological polar surface area (TPSA) is 62.1 Å². The van der Waals surface area contributed by atoms with Crippen molar-refractivity contribution in [1.29, 1.82) is 5.26 Å². The van der Waals surface area contributed by atoms with E-state index in [-0.39, 0.29) is 5.91 Å². The summed E-state index contributed by atoms with van der Waals surface area (Å²) < 4.78 is 5.04. The van der Waals surface area contributed by atoms with Crippen molar-refractivity contribution >= 4 is 5.91 Å². The number of nitrogens with zero attached hydrogens (tertiary/aromatic N) is 1. The fourth-order valence-corrected chi connectivity index (χ4v) is 2.19. The van der Waals surface area contributed by atoms with Crippen LogP contribution in [0, 0.1) is 16.7 Å². The quantitative estimate of drug-likeness (QED) is 0.789. The minimum absolute atomic E-state index is 0.144. The zero-order chi connectivity index (χ0) is 12.2. The van der Waals surface area contributed by atoms with Crippen molar-refractivity contribution < 1.29 is 9.53 Å². The van der Waals surface area contributed by atoms with Crippen LogP contribution in [0.3, 0.4) is 0 Å². The van der Waals surface area contributed by atoms with E-state index in [9.17, 15) is 10.1 Å². The summed E-state index contributed by atoms with van der Waals surface area (Å²) in [6, 6.07) is 2.19. The Hall–Kier alpha value is -1.08. The van der Waals surface area contributed by atoms with Gasteiger partial charge in [0.2, 0.25) is 5.91 Å². The van der Waals surface area contributed by atoms with Gasteiger partial charge in [-0.05, 0) is 26.7 Å². The summed E-state index contributed by atoms with van der Waals surface area (Å²) in [4.78, 5) is 12.1. The normalized spacial score (nSPS) is 19.1. The van der Waals surface area contributed by atoms with E-state index in [0.717, 1.165) is 12.8 Å². The number of nitrogens with one attached hydrogen (secondary N) is 1. The molecule has 0 spiro atoms. The molecular formula is C12H20N2O2. The van der Waals surface area contributed by atoms with Gasteiger partial charge in [0.1, 0.15) is 5.41 Å². The number of methoxy groups -OCH3 is 1. The molecule has 0 aliphatic heterocycles. The smallest absolute Gasteiger partial charge is 0.240 e. The summed E-state index contributed by atoms with van der Waals surface area (Å²) in [5.41, 5.74) is -1.22. The maximum atomic E-state index is 12.1. The van der Waals surface area contributed by atoms with E-state index in [1.165, 1.54) is 0 Å². The molecule has 1 amide bonds. The Kier molecular flexibility index (Phi) is 3.93. The zero-order valence-corrected chi connectivity index (χ0v) is 10.3. The van der Waals surface area contributed by atoms with Crippen LogP contribution in [0.1, 0.15) is 39.5 Å². The van der Waals surface area contributed by atoms with Gasteiger partial charge in [-0.2, -0.15) is 5.26 Å². The van der Waals surface area contributed by atoms with Gasteiger partial charge in [-0.3, -0.25) is 4.79 Å². The Balaban J connectivity index is 2.68. The number of nitriles is 1. The van der Waals surface area contributed by atoms with Crippen molar-refractivity contribution in [2.75, 3.05) is 13.7 Å². The molecule has 4 heteroatoms. The molecule has 90 valence electrons. The molecule has 16 heavy (non-hydrogen) atoms. The molecule has 1 saturated carbocycles. The van der Waals surface area contributed by atoms with Crippen LogP contribution in [-0.4, -0.2) is 25.2 Å². The molecule has 0 unspecified atom stereocenters. The van der Waals surface area contributed by atoms with Crippen LogP contribution in [0.25, 0.3) is 0 Å². The lowest BCUT2D eigenvalue weighted by Gasteiger charge is -2.29. The van der Waals surface area contributed by atoms with Crippen LogP contribution in [0.5, 0.6) is 0 Å². The molecule has 0 radical (unpaired) electrons. The van der Waals surface area contributed by atoms with Crippen molar-refractivity contribution in [3.63, 3.8) is 0 Å². The van der Waals surface area contributed by atoms with Crippen molar-refractivity contribution in [1.82, 2.24) is 5.32 Å². The van der Waals surface area contributed by atoms with Crippen LogP contribution in [0.4, 0.5) is 0 Å². The van der Waals surface area contributed by atoms with E-state index in [1.54, 1.807) is 7.11 Å². The highest BCUT2D eigenvalue weighted by Crippen LogP contribution is 2.37. The van der Waals surface area contributed by atoms with Gasteiger partial charge >= 0.3 is 0 Å². The molecule has 1 aliphatic carbocycles. The number of carbonyl (C=O) groups excluding carboxylic acids is 1. The number of rotatable bonds is 4. The molecule has 0 aromatic heterocycles. The van der Waals surface area contributed by atoms with E-state index in [1.807, 2.05) is 13.8 Å². The van der Waals surface area contributed by atoms with Gasteiger partial charge in [-0.1, -0.05) is 12.8 Å². The van der Waals surface area contributed by atoms with Crippen molar-refractivity contribution in [3.05, 3.63) is 0 Å². The van der Waals surface area contributed by atoms with Crippen molar-refractivity contribution in [3.8, 4) is 6.07 Å². The molecule has 0 aromatic carbocycles. The van der Waals surface area contributed by atoms with Crippen LogP contribution in [0.15, 0.2) is 0 Å². The zero-order valence-electron chi connectivity index (χ0n) is 10.3. The molecular weight excluding hydrogens is 204 g/mol. The Morgan fingerprint density at radius 3 is 2.50 bits per heavy atom. The predicted octanol–water partition coefficient (Wildman–Crippen LogP) is 1.61. The number of ether oxygens (including phenoxy) is 1. The first-order chi connectivity index (χ1) is 7.46. The van der Waals surface area contributed by atoms with Crippen molar-refractivity contribution in [2.45, 2.75) is 45.1 Å². The lowest BCUT2D eigenvalue weighted by Crippen LogP contribution is -2.51. The van der Waals surface area contributed by atoms with Crippen LogP contribution in [0.2, 0.25) is 0 Å². The number of hydrogen-bond donors (Lipinski definition) is 1. The third kappa shape index (κ3) is 2.73. The van der Waals surface area contributed by atoms with E-state index < -0.39 is 11.0 Å². The fraction of sp³-hybridized carbons (Fsp3) is 0.833. The summed E-state index contributed by atoms with van der Waals surface area (Å²) in [6.45, 7) is 4.24. The van der Waals surface area contributed by atoms with E-state index in [4.69, 9.17) is 4.74 Å². The second kappa shape index (κ2) is 4.84. The molecule has 0 aromatic rings. The molecule has 1 rings (SSSR count). The second-order valence-electron chi connectivity index (χ2n) is 5.17. The Labute approximate surface area is 97.0 Å². The summed E-state index contributed by atoms with van der Waals surface area (Å²) in [5.74, 6) is -0.144. The first-order valence-corrected chi connectivity index (χ1v) is 5.69. The molecule has 1 aliphatic rings. The van der Waals surface area contributed by atoms with E-state index in [2.05, 4.69) is 11.4 Å². The van der Waals surface area contributed by atoms with E-state index >= 15 is 0 Å². The summed E-state index contributed by atoms with van der Waals surface area (Å²) in [5, 5.41) is 12.1. The lowest BCUT2D eigenvalue weighted by atomic mass is 9.86. The minimum Gasteiger partial charge on any atom is -0.382 e. The highest BCUT2D eigenvalue weighted by atomic mass is 16.5. The Morgan fingerprint density at radius 2 is 2.06 bits per heavy atom.